The third-order valence-electron chi connectivity index (χ3n) is 3.59. The van der Waals surface area contributed by atoms with Crippen LogP contribution in [-0.4, -0.2) is 9.97 Å². The lowest BCUT2D eigenvalue weighted by atomic mass is 10.1. The van der Waals surface area contributed by atoms with E-state index < -0.39 is 0 Å². The predicted molar refractivity (Wildman–Crippen MR) is 86.5 cm³/mol. The van der Waals surface area contributed by atoms with Crippen molar-refractivity contribution in [3.8, 4) is 0 Å². The Morgan fingerprint density at radius 3 is 2.57 bits per heavy atom. The van der Waals surface area contributed by atoms with Crippen LogP contribution in [0.15, 0.2) is 42.5 Å². The summed E-state index contributed by atoms with van der Waals surface area (Å²) in [6.07, 6.45) is 0. The Hall–Kier alpha value is -2.66. The molecule has 0 bridgehead atoms. The summed E-state index contributed by atoms with van der Waals surface area (Å²) in [5.74, 6) is 6.58. The van der Waals surface area contributed by atoms with Crippen LogP contribution in [0.1, 0.15) is 11.1 Å². The average Bonchev–Trinajstić information content (AvgIpc) is 2.51. The van der Waals surface area contributed by atoms with Gasteiger partial charge in [0, 0.05) is 11.1 Å². The monoisotopic (exact) mass is 279 g/mol. The number of nitrogens with zero attached hydrogens (tertiary/aromatic N) is 2. The molecule has 4 N–H and O–H groups in total. The molecule has 2 aromatic carbocycles. The number of hydrogen-bond acceptors (Lipinski definition) is 5. The van der Waals surface area contributed by atoms with Crippen LogP contribution in [0.5, 0.6) is 0 Å². The van der Waals surface area contributed by atoms with Crippen molar-refractivity contribution in [2.24, 2.45) is 5.84 Å². The number of rotatable bonds is 3. The molecule has 0 fully saturated rings. The molecule has 0 atom stereocenters. The van der Waals surface area contributed by atoms with Gasteiger partial charge in [0.2, 0.25) is 5.95 Å². The van der Waals surface area contributed by atoms with Gasteiger partial charge < -0.3 is 5.32 Å². The van der Waals surface area contributed by atoms with E-state index in [-0.39, 0.29) is 0 Å². The maximum absolute atomic E-state index is 5.45. The number of hydrazine groups is 1. The first kappa shape index (κ1) is 13.3. The van der Waals surface area contributed by atoms with Crippen molar-refractivity contribution in [2.45, 2.75) is 13.8 Å². The van der Waals surface area contributed by atoms with Gasteiger partial charge in [0.25, 0.3) is 0 Å². The molecular weight excluding hydrogens is 262 g/mol. The normalized spacial score (nSPS) is 10.6. The number of fused-ring (bicyclic) bond motifs is 1. The molecule has 3 aromatic rings. The SMILES string of the molecule is Cc1cccc(Nc2nc(NN)nc3ccccc23)c1C. The Bertz CT molecular complexity index is 798. The van der Waals surface area contributed by atoms with Gasteiger partial charge in [-0.1, -0.05) is 24.3 Å². The largest absolute Gasteiger partial charge is 0.339 e. The highest BCUT2D eigenvalue weighted by Crippen LogP contribution is 2.27. The van der Waals surface area contributed by atoms with Gasteiger partial charge in [0.15, 0.2) is 0 Å². The second kappa shape index (κ2) is 5.38. The van der Waals surface area contributed by atoms with Gasteiger partial charge in [-0.3, -0.25) is 5.43 Å². The number of aromatic nitrogens is 2. The highest BCUT2D eigenvalue weighted by molar-refractivity contribution is 5.92. The fraction of sp³-hybridized carbons (Fsp3) is 0.125. The van der Waals surface area contributed by atoms with E-state index in [0.29, 0.717) is 5.95 Å². The molecule has 0 radical (unpaired) electrons. The fourth-order valence-electron chi connectivity index (χ4n) is 2.25. The Labute approximate surface area is 123 Å². The van der Waals surface area contributed by atoms with E-state index in [9.17, 15) is 0 Å². The first-order valence-electron chi connectivity index (χ1n) is 6.75. The van der Waals surface area contributed by atoms with Crippen LogP contribution < -0.4 is 16.6 Å². The van der Waals surface area contributed by atoms with Crippen molar-refractivity contribution >= 4 is 28.4 Å². The first-order chi connectivity index (χ1) is 10.2. The molecule has 0 saturated heterocycles. The first-order valence-corrected chi connectivity index (χ1v) is 6.75. The van der Waals surface area contributed by atoms with Gasteiger partial charge >= 0.3 is 0 Å². The maximum atomic E-state index is 5.45. The number of aryl methyl sites for hydroxylation is 1. The zero-order valence-corrected chi connectivity index (χ0v) is 12.0. The lowest BCUT2D eigenvalue weighted by Gasteiger charge is -2.13. The molecule has 5 nitrogen and oxygen atoms in total. The summed E-state index contributed by atoms with van der Waals surface area (Å²) in [5.41, 5.74) is 6.81. The lowest BCUT2D eigenvalue weighted by molar-refractivity contribution is 1.15. The lowest BCUT2D eigenvalue weighted by Crippen LogP contribution is -2.11. The molecular formula is C16H17N5. The Morgan fingerprint density at radius 1 is 0.952 bits per heavy atom. The summed E-state index contributed by atoms with van der Waals surface area (Å²) in [4.78, 5) is 8.78. The van der Waals surface area contributed by atoms with Gasteiger partial charge in [0.05, 0.1) is 5.52 Å². The van der Waals surface area contributed by atoms with Crippen LogP contribution >= 0.6 is 0 Å². The van der Waals surface area contributed by atoms with Gasteiger partial charge in [-0.05, 0) is 43.2 Å². The van der Waals surface area contributed by atoms with E-state index in [1.165, 1.54) is 11.1 Å². The molecule has 3 rings (SSSR count). The Morgan fingerprint density at radius 2 is 1.76 bits per heavy atom. The number of para-hydroxylation sites is 1. The topological polar surface area (TPSA) is 75.9 Å². The minimum absolute atomic E-state index is 0.390. The second-order valence-electron chi connectivity index (χ2n) is 4.93. The predicted octanol–water partition coefficient (Wildman–Crippen LogP) is 3.28. The molecule has 0 saturated carbocycles. The standard InChI is InChI=1S/C16H17N5/c1-10-6-5-9-13(11(10)2)18-15-12-7-3-4-8-14(12)19-16(20-15)21-17/h3-9H,17H2,1-2H3,(H2,18,19,20,21). The zero-order chi connectivity index (χ0) is 14.8. The third kappa shape index (κ3) is 2.51. The van der Waals surface area contributed by atoms with Crippen molar-refractivity contribution in [1.82, 2.24) is 9.97 Å². The van der Waals surface area contributed by atoms with Crippen LogP contribution in [0.4, 0.5) is 17.5 Å². The summed E-state index contributed by atoms with van der Waals surface area (Å²) in [6.45, 7) is 4.18. The molecule has 0 amide bonds. The highest BCUT2D eigenvalue weighted by atomic mass is 15.3. The van der Waals surface area contributed by atoms with E-state index in [2.05, 4.69) is 40.6 Å². The van der Waals surface area contributed by atoms with E-state index in [4.69, 9.17) is 5.84 Å². The van der Waals surface area contributed by atoms with Crippen LogP contribution in [0, 0.1) is 13.8 Å². The maximum Gasteiger partial charge on any atom is 0.239 e. The summed E-state index contributed by atoms with van der Waals surface area (Å²) in [6, 6.07) is 14.0. The minimum atomic E-state index is 0.390. The smallest absolute Gasteiger partial charge is 0.239 e. The summed E-state index contributed by atoms with van der Waals surface area (Å²) >= 11 is 0. The van der Waals surface area contributed by atoms with Crippen LogP contribution in [0.3, 0.4) is 0 Å². The quantitative estimate of drug-likeness (QED) is 0.506. The van der Waals surface area contributed by atoms with Gasteiger partial charge in [-0.25, -0.2) is 10.8 Å². The molecule has 0 aliphatic heterocycles. The van der Waals surface area contributed by atoms with E-state index in [1.807, 2.05) is 36.4 Å². The summed E-state index contributed by atoms with van der Waals surface area (Å²) in [5, 5.41) is 4.34. The van der Waals surface area contributed by atoms with Gasteiger partial charge in [-0.15, -0.1) is 0 Å². The highest BCUT2D eigenvalue weighted by Gasteiger charge is 2.08. The van der Waals surface area contributed by atoms with Crippen LogP contribution in [0.25, 0.3) is 10.9 Å². The minimum Gasteiger partial charge on any atom is -0.339 e. The van der Waals surface area contributed by atoms with Crippen molar-refractivity contribution in [2.75, 3.05) is 10.7 Å². The Balaban J connectivity index is 2.13. The van der Waals surface area contributed by atoms with E-state index >= 15 is 0 Å². The zero-order valence-electron chi connectivity index (χ0n) is 12.0. The number of benzene rings is 2. The number of nitrogens with two attached hydrogens (primary N) is 1. The third-order valence-corrected chi connectivity index (χ3v) is 3.59. The molecule has 0 aliphatic rings. The molecule has 0 unspecified atom stereocenters. The van der Waals surface area contributed by atoms with Gasteiger partial charge in [0.1, 0.15) is 5.82 Å². The van der Waals surface area contributed by atoms with E-state index in [0.717, 1.165) is 22.4 Å². The number of hydrogen-bond donors (Lipinski definition) is 3. The van der Waals surface area contributed by atoms with E-state index in [1.54, 1.807) is 0 Å². The molecule has 0 aliphatic carbocycles. The molecule has 5 heteroatoms. The van der Waals surface area contributed by atoms with Crippen molar-refractivity contribution < 1.29 is 0 Å². The number of anilines is 3. The van der Waals surface area contributed by atoms with Crippen LogP contribution in [-0.2, 0) is 0 Å². The van der Waals surface area contributed by atoms with Gasteiger partial charge in [-0.2, -0.15) is 4.98 Å². The summed E-state index contributed by atoms with van der Waals surface area (Å²) < 4.78 is 0. The average molecular weight is 279 g/mol. The molecule has 1 aromatic heterocycles. The second-order valence-corrected chi connectivity index (χ2v) is 4.93. The van der Waals surface area contributed by atoms with Crippen molar-refractivity contribution in [3.63, 3.8) is 0 Å². The summed E-state index contributed by atoms with van der Waals surface area (Å²) in [7, 11) is 0. The van der Waals surface area contributed by atoms with Crippen molar-refractivity contribution in [3.05, 3.63) is 53.6 Å². The molecule has 0 spiro atoms. The Kier molecular flexibility index (Phi) is 3.41. The molecule has 106 valence electrons. The van der Waals surface area contributed by atoms with Crippen molar-refractivity contribution in [1.29, 1.82) is 0 Å². The fourth-order valence-corrected chi connectivity index (χ4v) is 2.25. The number of nitrogens with one attached hydrogen (secondary N) is 2. The van der Waals surface area contributed by atoms with Crippen LogP contribution in [0.2, 0.25) is 0 Å². The molecule has 1 heterocycles. The molecule has 21 heavy (non-hydrogen) atoms. The number of nitrogen functional groups attached to an aromatic ring is 1.